The van der Waals surface area contributed by atoms with Crippen molar-refractivity contribution in [2.75, 3.05) is 0 Å². The predicted molar refractivity (Wildman–Crippen MR) is 71.2 cm³/mol. The Bertz CT molecular complexity index is 232. The van der Waals surface area contributed by atoms with Gasteiger partial charge >= 0.3 is 0 Å². The zero-order valence-corrected chi connectivity index (χ0v) is 10.5. The Morgan fingerprint density at radius 3 is 2.00 bits per heavy atom. The second kappa shape index (κ2) is 13.9. The Hall–Kier alpha value is -1.07. The molecule has 0 aliphatic rings. The SMILES string of the molecule is CC=CCCCCCCCCC=CC=C=O. The fraction of sp³-hybridized carbons (Fsp3) is 0.600. The van der Waals surface area contributed by atoms with Crippen molar-refractivity contribution >= 4 is 5.94 Å². The summed E-state index contributed by atoms with van der Waals surface area (Å²) in [5.41, 5.74) is 0. The zero-order chi connectivity index (χ0) is 11.9. The Labute approximate surface area is 99.9 Å². The van der Waals surface area contributed by atoms with E-state index in [0.717, 1.165) is 6.42 Å². The summed E-state index contributed by atoms with van der Waals surface area (Å²) in [5.74, 6) is 1.74. The summed E-state index contributed by atoms with van der Waals surface area (Å²) in [6.45, 7) is 2.08. The van der Waals surface area contributed by atoms with E-state index in [4.69, 9.17) is 0 Å². The van der Waals surface area contributed by atoms with E-state index in [1.165, 1.54) is 51.0 Å². The third-order valence-corrected chi connectivity index (χ3v) is 2.53. The number of unbranched alkanes of at least 4 members (excludes halogenated alkanes) is 7. The van der Waals surface area contributed by atoms with Gasteiger partial charge in [-0.2, -0.15) is 0 Å². The molecule has 0 aromatic rings. The van der Waals surface area contributed by atoms with E-state index in [-0.39, 0.29) is 0 Å². The van der Waals surface area contributed by atoms with Crippen LogP contribution < -0.4 is 0 Å². The first-order valence-electron chi connectivity index (χ1n) is 6.39. The highest BCUT2D eigenvalue weighted by atomic mass is 16.1. The first-order chi connectivity index (χ1) is 7.91. The summed E-state index contributed by atoms with van der Waals surface area (Å²) >= 11 is 0. The van der Waals surface area contributed by atoms with Gasteiger partial charge in [0.1, 0.15) is 5.94 Å². The van der Waals surface area contributed by atoms with Crippen LogP contribution in [-0.4, -0.2) is 5.94 Å². The molecule has 0 aliphatic carbocycles. The van der Waals surface area contributed by atoms with Crippen LogP contribution in [-0.2, 0) is 4.79 Å². The summed E-state index contributed by atoms with van der Waals surface area (Å²) in [7, 11) is 0. The molecular weight excluding hydrogens is 196 g/mol. The minimum atomic E-state index is 1.08. The molecular formula is C15H24O. The van der Waals surface area contributed by atoms with Crippen LogP contribution in [0, 0.1) is 0 Å². The maximum Gasteiger partial charge on any atom is 0.124 e. The number of hydrogen-bond donors (Lipinski definition) is 0. The molecule has 0 atom stereocenters. The van der Waals surface area contributed by atoms with Crippen LogP contribution in [0.5, 0.6) is 0 Å². The molecule has 0 fully saturated rings. The molecule has 1 nitrogen and oxygen atoms in total. The van der Waals surface area contributed by atoms with Crippen molar-refractivity contribution in [2.45, 2.75) is 58.3 Å². The van der Waals surface area contributed by atoms with Crippen molar-refractivity contribution < 1.29 is 4.79 Å². The molecule has 0 saturated heterocycles. The molecule has 0 bridgehead atoms. The number of carbonyl (C=O) groups excluding carboxylic acids is 1. The van der Waals surface area contributed by atoms with Crippen molar-refractivity contribution in [2.24, 2.45) is 0 Å². The number of rotatable bonds is 10. The molecule has 0 aromatic heterocycles. The van der Waals surface area contributed by atoms with Gasteiger partial charge in [0.25, 0.3) is 0 Å². The van der Waals surface area contributed by atoms with E-state index in [0.29, 0.717) is 0 Å². The van der Waals surface area contributed by atoms with Crippen LogP contribution in [0.15, 0.2) is 30.4 Å². The van der Waals surface area contributed by atoms with Gasteiger partial charge in [0.15, 0.2) is 0 Å². The average Bonchev–Trinajstić information content (AvgIpc) is 2.31. The highest BCUT2D eigenvalue weighted by Gasteiger charge is 1.89. The molecule has 16 heavy (non-hydrogen) atoms. The van der Waals surface area contributed by atoms with Crippen molar-refractivity contribution in [3.05, 3.63) is 30.4 Å². The fourth-order valence-electron chi connectivity index (χ4n) is 1.60. The Kier molecular flexibility index (Phi) is 13.0. The quantitative estimate of drug-likeness (QED) is 0.227. The molecule has 0 spiro atoms. The van der Waals surface area contributed by atoms with E-state index in [1.54, 1.807) is 12.0 Å². The van der Waals surface area contributed by atoms with Crippen molar-refractivity contribution in [3.8, 4) is 0 Å². The molecule has 90 valence electrons. The maximum absolute atomic E-state index is 9.85. The van der Waals surface area contributed by atoms with Crippen LogP contribution >= 0.6 is 0 Å². The number of allylic oxidation sites excluding steroid dienone is 5. The van der Waals surface area contributed by atoms with Crippen molar-refractivity contribution in [1.29, 1.82) is 0 Å². The van der Waals surface area contributed by atoms with Gasteiger partial charge in [0.05, 0.1) is 0 Å². The smallest absolute Gasteiger partial charge is 0.124 e. The molecule has 0 rings (SSSR count). The first-order valence-corrected chi connectivity index (χ1v) is 6.39. The molecule has 0 aromatic carbocycles. The first kappa shape index (κ1) is 14.9. The van der Waals surface area contributed by atoms with Crippen LogP contribution in [0.4, 0.5) is 0 Å². The summed E-state index contributed by atoms with van der Waals surface area (Å²) in [4.78, 5) is 9.85. The maximum atomic E-state index is 9.85. The highest BCUT2D eigenvalue weighted by Crippen LogP contribution is 2.09. The van der Waals surface area contributed by atoms with Gasteiger partial charge in [-0.15, -0.1) is 0 Å². The lowest BCUT2D eigenvalue weighted by atomic mass is 10.1. The number of hydrogen-bond acceptors (Lipinski definition) is 1. The third kappa shape index (κ3) is 12.9. The van der Waals surface area contributed by atoms with E-state index in [2.05, 4.69) is 19.1 Å². The lowest BCUT2D eigenvalue weighted by molar-refractivity contribution is 0.569. The van der Waals surface area contributed by atoms with E-state index in [9.17, 15) is 4.79 Å². The summed E-state index contributed by atoms with van der Waals surface area (Å²) < 4.78 is 0. The molecule has 1 heteroatoms. The summed E-state index contributed by atoms with van der Waals surface area (Å²) in [5, 5.41) is 0. The molecule has 0 saturated carbocycles. The van der Waals surface area contributed by atoms with Gasteiger partial charge in [0, 0.05) is 6.08 Å². The van der Waals surface area contributed by atoms with Crippen molar-refractivity contribution in [3.63, 3.8) is 0 Å². The van der Waals surface area contributed by atoms with E-state index in [1.807, 2.05) is 6.08 Å². The minimum Gasteiger partial charge on any atom is -0.234 e. The molecule has 0 N–H and O–H groups in total. The normalized spacial score (nSPS) is 11.1. The molecule has 0 heterocycles. The lowest BCUT2D eigenvalue weighted by Gasteiger charge is -1.98. The Morgan fingerprint density at radius 2 is 1.44 bits per heavy atom. The highest BCUT2D eigenvalue weighted by molar-refractivity contribution is 5.48. The predicted octanol–water partition coefficient (Wildman–Crippen LogP) is 4.63. The topological polar surface area (TPSA) is 17.1 Å². The summed E-state index contributed by atoms with van der Waals surface area (Å²) in [6.07, 6.45) is 19.8. The standard InChI is InChI=1S/C15H24O/c1-2-3-4-5-6-7-8-9-10-11-12-13-14-15-16/h2-3,12-14H,4-11H2,1H3. The lowest BCUT2D eigenvalue weighted by Crippen LogP contribution is -1.79. The Morgan fingerprint density at radius 1 is 0.875 bits per heavy atom. The van der Waals surface area contributed by atoms with Crippen LogP contribution in [0.2, 0.25) is 0 Å². The minimum absolute atomic E-state index is 1.08. The van der Waals surface area contributed by atoms with E-state index < -0.39 is 0 Å². The largest absolute Gasteiger partial charge is 0.234 e. The van der Waals surface area contributed by atoms with Gasteiger partial charge in [-0.3, -0.25) is 0 Å². The van der Waals surface area contributed by atoms with Crippen LogP contribution in [0.1, 0.15) is 58.3 Å². The zero-order valence-electron chi connectivity index (χ0n) is 10.5. The second-order valence-corrected chi connectivity index (χ2v) is 3.98. The fourth-order valence-corrected chi connectivity index (χ4v) is 1.60. The van der Waals surface area contributed by atoms with Gasteiger partial charge in [0.2, 0.25) is 0 Å². The molecule has 0 aliphatic heterocycles. The molecule has 0 unspecified atom stereocenters. The van der Waals surface area contributed by atoms with Gasteiger partial charge in [-0.1, -0.05) is 50.0 Å². The van der Waals surface area contributed by atoms with Crippen LogP contribution in [0.3, 0.4) is 0 Å². The van der Waals surface area contributed by atoms with E-state index >= 15 is 0 Å². The molecule has 0 radical (unpaired) electrons. The van der Waals surface area contributed by atoms with Crippen LogP contribution in [0.25, 0.3) is 0 Å². The van der Waals surface area contributed by atoms with Gasteiger partial charge in [-0.25, -0.2) is 4.79 Å². The van der Waals surface area contributed by atoms with Crippen molar-refractivity contribution in [1.82, 2.24) is 0 Å². The Balaban J connectivity index is 3.06. The van der Waals surface area contributed by atoms with Gasteiger partial charge < -0.3 is 0 Å². The second-order valence-electron chi connectivity index (χ2n) is 3.98. The third-order valence-electron chi connectivity index (χ3n) is 2.53. The summed E-state index contributed by atoms with van der Waals surface area (Å²) in [6, 6.07) is 0. The molecule has 0 amide bonds. The monoisotopic (exact) mass is 220 g/mol. The average molecular weight is 220 g/mol. The van der Waals surface area contributed by atoms with Gasteiger partial charge in [-0.05, 0) is 32.6 Å².